The van der Waals surface area contributed by atoms with Gasteiger partial charge in [-0.2, -0.15) is 5.26 Å². The van der Waals surface area contributed by atoms with Gasteiger partial charge in [-0.05, 0) is 49.1 Å². The zero-order valence-corrected chi connectivity index (χ0v) is 12.2. The van der Waals surface area contributed by atoms with Crippen LogP contribution in [0.15, 0.2) is 30.3 Å². The highest BCUT2D eigenvalue weighted by Crippen LogP contribution is 2.34. The predicted molar refractivity (Wildman–Crippen MR) is 92.0 cm³/mol. The molecular weight excluding hydrogens is 288 g/mol. The number of aromatic hydroxyl groups is 1. The molecule has 3 rings (SSSR count). The van der Waals surface area contributed by atoms with Gasteiger partial charge in [-0.1, -0.05) is 19.6 Å². The summed E-state index contributed by atoms with van der Waals surface area (Å²) in [5.74, 6) is 0.633. The van der Waals surface area contributed by atoms with Crippen LogP contribution in [0, 0.1) is 11.3 Å². The van der Waals surface area contributed by atoms with E-state index in [0.29, 0.717) is 16.8 Å². The van der Waals surface area contributed by atoms with Crippen LogP contribution in [0.2, 0.25) is 0 Å². The molecule has 23 heavy (non-hydrogen) atoms. The highest BCUT2D eigenvalue weighted by atomic mass is 16.3. The number of phenols is 1. The molecule has 5 heteroatoms. The first-order valence-corrected chi connectivity index (χ1v) is 7.40. The molecule has 4 N–H and O–H groups in total. The van der Waals surface area contributed by atoms with Gasteiger partial charge in [0.1, 0.15) is 17.6 Å². The van der Waals surface area contributed by atoms with E-state index in [-0.39, 0.29) is 24.9 Å². The number of para-hydroxylation sites is 1. The van der Waals surface area contributed by atoms with E-state index in [1.54, 1.807) is 18.2 Å². The molecule has 0 spiro atoms. The minimum absolute atomic E-state index is 0. The molecule has 1 atom stereocenters. The van der Waals surface area contributed by atoms with Gasteiger partial charge in [-0.25, -0.2) is 4.98 Å². The second-order valence-electron chi connectivity index (χ2n) is 5.53. The topological polar surface area (TPSA) is 95.0 Å². The first kappa shape index (κ1) is 16.8. The Morgan fingerprint density at radius 1 is 1.35 bits per heavy atom. The molecule has 120 valence electrons. The monoisotopic (exact) mass is 310 g/mol. The number of benzene rings is 1. The number of hydrogen-bond acceptors (Lipinski definition) is 5. The Balaban J connectivity index is 0.00000192. The number of hydrogen-bond donors (Lipinski definition) is 3. The third-order valence-electron chi connectivity index (χ3n) is 4.11. The zero-order valence-electron chi connectivity index (χ0n) is 12.2. The standard InChI is InChI=1S/C17H18N4O.CH4/c18-9-14-13(11-4-3-7-20-10-11)8-15(21-17(14)19)12-5-1-2-6-16(12)22;/h1-2,5-6,8,11,20,22H,3-4,7,10H2,(H2,19,21);1H4. The van der Waals surface area contributed by atoms with Crippen LogP contribution in [0.5, 0.6) is 5.75 Å². The summed E-state index contributed by atoms with van der Waals surface area (Å²) in [6.07, 6.45) is 2.09. The number of pyridine rings is 1. The van der Waals surface area contributed by atoms with Gasteiger partial charge in [0.25, 0.3) is 0 Å². The molecule has 1 fully saturated rings. The summed E-state index contributed by atoms with van der Waals surface area (Å²) in [7, 11) is 0. The third-order valence-corrected chi connectivity index (χ3v) is 4.11. The third kappa shape index (κ3) is 3.27. The maximum absolute atomic E-state index is 10.0. The quantitative estimate of drug-likeness (QED) is 0.792. The molecule has 5 nitrogen and oxygen atoms in total. The molecular formula is C18H22N4O. The lowest BCUT2D eigenvalue weighted by atomic mass is 9.88. The van der Waals surface area contributed by atoms with Crippen LogP contribution in [-0.4, -0.2) is 23.2 Å². The molecule has 0 amide bonds. The number of nitriles is 1. The molecule has 2 heterocycles. The van der Waals surface area contributed by atoms with Crippen LogP contribution in [0.25, 0.3) is 11.3 Å². The molecule has 1 unspecified atom stereocenters. The number of nitrogens with one attached hydrogen (secondary N) is 1. The number of nitrogen functional groups attached to an aromatic ring is 1. The fourth-order valence-electron chi connectivity index (χ4n) is 2.97. The summed E-state index contributed by atoms with van der Waals surface area (Å²) < 4.78 is 0. The van der Waals surface area contributed by atoms with Crippen molar-refractivity contribution in [2.75, 3.05) is 18.8 Å². The summed E-state index contributed by atoms with van der Waals surface area (Å²) in [6, 6.07) is 11.1. The molecule has 1 aliphatic rings. The Morgan fingerprint density at radius 2 is 2.13 bits per heavy atom. The Hall–Kier alpha value is -2.58. The van der Waals surface area contributed by atoms with Crippen molar-refractivity contribution in [1.29, 1.82) is 5.26 Å². The summed E-state index contributed by atoms with van der Waals surface area (Å²) in [5.41, 5.74) is 8.60. The Labute approximate surface area is 136 Å². The number of nitrogens with two attached hydrogens (primary N) is 1. The smallest absolute Gasteiger partial charge is 0.142 e. The largest absolute Gasteiger partial charge is 0.507 e. The Morgan fingerprint density at radius 3 is 2.78 bits per heavy atom. The molecule has 0 aliphatic carbocycles. The average molecular weight is 310 g/mol. The van der Waals surface area contributed by atoms with E-state index < -0.39 is 0 Å². The van der Waals surface area contributed by atoms with Crippen LogP contribution in [0.4, 0.5) is 5.82 Å². The molecule has 1 saturated heterocycles. The fraction of sp³-hybridized carbons (Fsp3) is 0.333. The second-order valence-corrected chi connectivity index (χ2v) is 5.53. The number of phenolic OH excluding ortho intramolecular Hbond substituents is 1. The van der Waals surface area contributed by atoms with Crippen LogP contribution >= 0.6 is 0 Å². The van der Waals surface area contributed by atoms with Crippen LogP contribution < -0.4 is 11.1 Å². The number of piperidine rings is 1. The normalized spacial score (nSPS) is 17.1. The van der Waals surface area contributed by atoms with Crippen molar-refractivity contribution in [1.82, 2.24) is 10.3 Å². The van der Waals surface area contributed by atoms with Gasteiger partial charge in [0.05, 0.1) is 11.3 Å². The highest BCUT2D eigenvalue weighted by Gasteiger charge is 2.22. The van der Waals surface area contributed by atoms with E-state index in [9.17, 15) is 10.4 Å². The lowest BCUT2D eigenvalue weighted by Gasteiger charge is -2.24. The van der Waals surface area contributed by atoms with E-state index in [0.717, 1.165) is 31.5 Å². The number of rotatable bonds is 2. The highest BCUT2D eigenvalue weighted by molar-refractivity contribution is 5.71. The van der Waals surface area contributed by atoms with Gasteiger partial charge in [0.2, 0.25) is 0 Å². The van der Waals surface area contributed by atoms with E-state index in [1.165, 1.54) is 0 Å². The van der Waals surface area contributed by atoms with E-state index in [4.69, 9.17) is 5.73 Å². The SMILES string of the molecule is C.N#Cc1c(C2CCCNC2)cc(-c2ccccc2O)nc1N. The second kappa shape index (κ2) is 7.12. The summed E-state index contributed by atoms with van der Waals surface area (Å²) in [4.78, 5) is 4.31. The minimum Gasteiger partial charge on any atom is -0.507 e. The van der Waals surface area contributed by atoms with Gasteiger partial charge in [0.15, 0.2) is 0 Å². The van der Waals surface area contributed by atoms with Crippen molar-refractivity contribution in [3.05, 3.63) is 41.5 Å². The van der Waals surface area contributed by atoms with Crippen molar-refractivity contribution < 1.29 is 5.11 Å². The van der Waals surface area contributed by atoms with Gasteiger partial charge >= 0.3 is 0 Å². The van der Waals surface area contributed by atoms with Crippen LogP contribution in [-0.2, 0) is 0 Å². The number of aromatic nitrogens is 1. The first-order chi connectivity index (χ1) is 10.7. The van der Waals surface area contributed by atoms with Crippen molar-refractivity contribution in [3.63, 3.8) is 0 Å². The van der Waals surface area contributed by atoms with Crippen LogP contribution in [0.3, 0.4) is 0 Å². The molecule has 1 aromatic heterocycles. The number of anilines is 1. The minimum atomic E-state index is 0. The van der Waals surface area contributed by atoms with Crippen molar-refractivity contribution in [3.8, 4) is 23.1 Å². The zero-order chi connectivity index (χ0) is 15.5. The van der Waals surface area contributed by atoms with Crippen molar-refractivity contribution in [2.45, 2.75) is 26.2 Å². The van der Waals surface area contributed by atoms with Gasteiger partial charge in [-0.3, -0.25) is 0 Å². The van der Waals surface area contributed by atoms with Gasteiger partial charge < -0.3 is 16.2 Å². The molecule has 0 bridgehead atoms. The molecule has 1 aromatic carbocycles. The molecule has 0 saturated carbocycles. The van der Waals surface area contributed by atoms with Crippen molar-refractivity contribution >= 4 is 5.82 Å². The van der Waals surface area contributed by atoms with E-state index >= 15 is 0 Å². The van der Waals surface area contributed by atoms with E-state index in [1.807, 2.05) is 12.1 Å². The predicted octanol–water partition coefficient (Wildman–Crippen LogP) is 3.01. The average Bonchev–Trinajstić information content (AvgIpc) is 2.55. The van der Waals surface area contributed by atoms with Gasteiger partial charge in [0, 0.05) is 12.1 Å². The summed E-state index contributed by atoms with van der Waals surface area (Å²) in [5, 5.41) is 22.8. The summed E-state index contributed by atoms with van der Waals surface area (Å²) in [6.45, 7) is 1.84. The molecule has 1 aliphatic heterocycles. The van der Waals surface area contributed by atoms with Crippen molar-refractivity contribution in [2.24, 2.45) is 0 Å². The summed E-state index contributed by atoms with van der Waals surface area (Å²) >= 11 is 0. The van der Waals surface area contributed by atoms with Crippen LogP contribution in [0.1, 0.15) is 37.3 Å². The lowest BCUT2D eigenvalue weighted by molar-refractivity contribution is 0.461. The Bertz CT molecular complexity index is 730. The first-order valence-electron chi connectivity index (χ1n) is 7.40. The molecule has 2 aromatic rings. The molecule has 0 radical (unpaired) electrons. The maximum Gasteiger partial charge on any atom is 0.142 e. The fourth-order valence-corrected chi connectivity index (χ4v) is 2.97. The lowest BCUT2D eigenvalue weighted by Crippen LogP contribution is -2.29. The Kier molecular flexibility index (Phi) is 5.20. The van der Waals surface area contributed by atoms with E-state index in [2.05, 4.69) is 16.4 Å². The van der Waals surface area contributed by atoms with Gasteiger partial charge in [-0.15, -0.1) is 0 Å². The maximum atomic E-state index is 10.0. The number of nitrogens with zero attached hydrogens (tertiary/aromatic N) is 2.